The van der Waals surface area contributed by atoms with Gasteiger partial charge in [-0.2, -0.15) is 0 Å². The van der Waals surface area contributed by atoms with Crippen LogP contribution in [0.4, 0.5) is 5.69 Å². The molecule has 1 atom stereocenters. The van der Waals surface area contributed by atoms with E-state index in [2.05, 4.69) is 17.4 Å². The number of hydrogen-bond acceptors (Lipinski definition) is 3. The number of carbonyl (C=O) groups is 1. The number of para-hydroxylation sites is 1. The van der Waals surface area contributed by atoms with E-state index >= 15 is 0 Å². The highest BCUT2D eigenvalue weighted by Gasteiger charge is 2.16. The Balaban J connectivity index is 1.53. The first-order valence-electron chi connectivity index (χ1n) is 9.28. The maximum atomic E-state index is 12.6. The van der Waals surface area contributed by atoms with Crippen LogP contribution in [0.1, 0.15) is 5.56 Å². The minimum Gasteiger partial charge on any atom is -0.495 e. The van der Waals surface area contributed by atoms with Crippen molar-refractivity contribution < 1.29 is 18.8 Å². The van der Waals surface area contributed by atoms with Gasteiger partial charge in [0.1, 0.15) is 23.5 Å². The molecule has 4 aromatic rings. The average molecular weight is 375 g/mol. The van der Waals surface area contributed by atoms with Crippen molar-refractivity contribution in [2.45, 2.75) is 6.54 Å². The molecule has 0 spiro atoms. The van der Waals surface area contributed by atoms with E-state index in [1.807, 2.05) is 61.6 Å². The number of fused-ring (bicyclic) bond motifs is 3. The van der Waals surface area contributed by atoms with Crippen molar-refractivity contribution in [3.05, 3.63) is 72.3 Å². The van der Waals surface area contributed by atoms with Crippen molar-refractivity contribution in [3.8, 4) is 5.75 Å². The number of furan rings is 1. The maximum Gasteiger partial charge on any atom is 0.279 e. The minimum absolute atomic E-state index is 0.0674. The fourth-order valence-corrected chi connectivity index (χ4v) is 3.49. The van der Waals surface area contributed by atoms with E-state index in [1.54, 1.807) is 7.11 Å². The van der Waals surface area contributed by atoms with Gasteiger partial charge < -0.3 is 19.4 Å². The zero-order valence-corrected chi connectivity index (χ0v) is 16.0. The van der Waals surface area contributed by atoms with Crippen molar-refractivity contribution in [2.75, 3.05) is 26.0 Å². The van der Waals surface area contributed by atoms with Crippen molar-refractivity contribution in [3.63, 3.8) is 0 Å². The lowest BCUT2D eigenvalue weighted by atomic mass is 10.1. The van der Waals surface area contributed by atoms with E-state index in [9.17, 15) is 4.79 Å². The number of benzene rings is 3. The molecule has 5 heteroatoms. The molecule has 1 aromatic heterocycles. The highest BCUT2D eigenvalue weighted by atomic mass is 16.5. The third kappa shape index (κ3) is 3.70. The number of nitrogens with one attached hydrogen (secondary N) is 2. The summed E-state index contributed by atoms with van der Waals surface area (Å²) in [4.78, 5) is 13.7. The second-order valence-electron chi connectivity index (χ2n) is 6.99. The molecule has 0 radical (unpaired) electrons. The zero-order valence-electron chi connectivity index (χ0n) is 16.0. The molecule has 142 valence electrons. The van der Waals surface area contributed by atoms with E-state index in [1.165, 1.54) is 5.56 Å². The monoisotopic (exact) mass is 375 g/mol. The number of likely N-dealkylation sites (N-methyl/N-ethyl adjacent to an activating group) is 1. The van der Waals surface area contributed by atoms with E-state index in [0.29, 0.717) is 18.0 Å². The number of methoxy groups -OCH3 is 1. The first-order valence-corrected chi connectivity index (χ1v) is 9.28. The summed E-state index contributed by atoms with van der Waals surface area (Å²) in [6.45, 7) is 1.14. The quantitative estimate of drug-likeness (QED) is 0.544. The Morgan fingerprint density at radius 2 is 1.75 bits per heavy atom. The lowest BCUT2D eigenvalue weighted by Crippen LogP contribution is -3.08. The molecule has 1 amide bonds. The van der Waals surface area contributed by atoms with Crippen LogP contribution in [0.3, 0.4) is 0 Å². The molecule has 1 heterocycles. The molecular weight excluding hydrogens is 352 g/mol. The normalized spacial score (nSPS) is 12.2. The van der Waals surface area contributed by atoms with Crippen LogP contribution in [0.15, 0.2) is 71.1 Å². The van der Waals surface area contributed by atoms with Crippen molar-refractivity contribution in [1.29, 1.82) is 0 Å². The maximum absolute atomic E-state index is 12.6. The van der Waals surface area contributed by atoms with Crippen LogP contribution >= 0.6 is 0 Å². The highest BCUT2D eigenvalue weighted by Crippen LogP contribution is 2.36. The Hall–Kier alpha value is -3.31. The van der Waals surface area contributed by atoms with Gasteiger partial charge in [-0.25, -0.2) is 0 Å². The van der Waals surface area contributed by atoms with Crippen LogP contribution in [0, 0.1) is 0 Å². The van der Waals surface area contributed by atoms with Crippen LogP contribution in [-0.4, -0.2) is 26.6 Å². The van der Waals surface area contributed by atoms with Gasteiger partial charge in [-0.3, -0.25) is 4.79 Å². The van der Waals surface area contributed by atoms with Gasteiger partial charge >= 0.3 is 0 Å². The zero-order chi connectivity index (χ0) is 19.5. The molecule has 2 N–H and O–H groups in total. The van der Waals surface area contributed by atoms with Crippen LogP contribution in [0.25, 0.3) is 21.9 Å². The first-order chi connectivity index (χ1) is 13.6. The molecule has 0 aliphatic rings. The van der Waals surface area contributed by atoms with Crippen molar-refractivity contribution in [1.82, 2.24) is 0 Å². The van der Waals surface area contributed by atoms with Gasteiger partial charge in [0.25, 0.3) is 5.91 Å². The average Bonchev–Trinajstić information content (AvgIpc) is 3.05. The number of rotatable bonds is 6. The Bertz CT molecular complexity index is 1120. The molecule has 0 aliphatic heterocycles. The molecule has 0 saturated heterocycles. The summed E-state index contributed by atoms with van der Waals surface area (Å²) in [5, 5.41) is 4.97. The summed E-state index contributed by atoms with van der Waals surface area (Å²) in [5.74, 6) is 0.551. The lowest BCUT2D eigenvalue weighted by molar-refractivity contribution is -0.885. The number of ether oxygens (including phenoxy) is 1. The van der Waals surface area contributed by atoms with Gasteiger partial charge in [-0.05, 0) is 12.1 Å². The van der Waals surface area contributed by atoms with Crippen LogP contribution in [0.2, 0.25) is 0 Å². The van der Waals surface area contributed by atoms with Gasteiger partial charge in [-0.15, -0.1) is 0 Å². The third-order valence-electron chi connectivity index (χ3n) is 4.78. The minimum atomic E-state index is -0.0674. The van der Waals surface area contributed by atoms with Gasteiger partial charge in [0.15, 0.2) is 6.54 Å². The molecule has 0 saturated carbocycles. The lowest BCUT2D eigenvalue weighted by Gasteiger charge is -2.15. The highest BCUT2D eigenvalue weighted by molar-refractivity contribution is 6.07. The van der Waals surface area contributed by atoms with Gasteiger partial charge in [-0.1, -0.05) is 48.5 Å². The number of quaternary nitrogens is 1. The summed E-state index contributed by atoms with van der Waals surface area (Å²) < 4.78 is 11.4. The van der Waals surface area contributed by atoms with Crippen molar-refractivity contribution >= 4 is 33.5 Å². The summed E-state index contributed by atoms with van der Waals surface area (Å²) in [5.41, 5.74) is 3.36. The van der Waals surface area contributed by atoms with Gasteiger partial charge in [0.2, 0.25) is 0 Å². The molecule has 28 heavy (non-hydrogen) atoms. The number of anilines is 1. The predicted molar refractivity (Wildman–Crippen MR) is 111 cm³/mol. The molecule has 5 nitrogen and oxygen atoms in total. The number of carbonyl (C=O) groups excluding carboxylic acids is 1. The van der Waals surface area contributed by atoms with Crippen LogP contribution < -0.4 is 15.0 Å². The second kappa shape index (κ2) is 7.74. The largest absolute Gasteiger partial charge is 0.495 e. The number of amides is 1. The Labute approximate surface area is 163 Å². The summed E-state index contributed by atoms with van der Waals surface area (Å²) in [7, 11) is 3.61. The third-order valence-corrected chi connectivity index (χ3v) is 4.78. The topological polar surface area (TPSA) is 55.9 Å². The Morgan fingerprint density at radius 3 is 2.54 bits per heavy atom. The smallest absolute Gasteiger partial charge is 0.279 e. The van der Waals surface area contributed by atoms with Crippen LogP contribution in [0.5, 0.6) is 5.75 Å². The van der Waals surface area contributed by atoms with Crippen molar-refractivity contribution in [2.24, 2.45) is 0 Å². The Morgan fingerprint density at radius 1 is 1.00 bits per heavy atom. The predicted octanol–water partition coefficient (Wildman–Crippen LogP) is 3.25. The van der Waals surface area contributed by atoms with E-state index in [-0.39, 0.29) is 5.91 Å². The SMILES string of the molecule is COc1cc2c(cc1NC(=O)C[NH+](C)Cc1ccccc1)oc1ccccc12. The number of hydrogen-bond donors (Lipinski definition) is 2. The fourth-order valence-electron chi connectivity index (χ4n) is 3.49. The first kappa shape index (κ1) is 18.1. The Kier molecular flexibility index (Phi) is 5.00. The van der Waals surface area contributed by atoms with Crippen LogP contribution in [-0.2, 0) is 11.3 Å². The molecule has 0 bridgehead atoms. The van der Waals surface area contributed by atoms with E-state index in [0.717, 1.165) is 33.4 Å². The summed E-state index contributed by atoms with van der Waals surface area (Å²) in [6, 6.07) is 21.8. The van der Waals surface area contributed by atoms with E-state index in [4.69, 9.17) is 9.15 Å². The second-order valence-corrected chi connectivity index (χ2v) is 6.99. The molecular formula is C23H23N2O3+. The standard InChI is InChI=1S/C23H22N2O3/c1-25(14-16-8-4-3-5-9-16)15-23(26)24-19-13-21-18(12-22(19)27-2)17-10-6-7-11-20(17)28-21/h3-13H,14-15H2,1-2H3,(H,24,26)/p+1. The molecule has 3 aromatic carbocycles. The molecule has 0 aliphatic carbocycles. The van der Waals surface area contributed by atoms with Gasteiger partial charge in [0, 0.05) is 22.4 Å². The molecule has 0 fully saturated rings. The van der Waals surface area contributed by atoms with Gasteiger partial charge in [0.05, 0.1) is 19.8 Å². The van der Waals surface area contributed by atoms with E-state index < -0.39 is 0 Å². The fraction of sp³-hybridized carbons (Fsp3) is 0.174. The molecule has 1 unspecified atom stereocenters. The summed E-state index contributed by atoms with van der Waals surface area (Å²) >= 11 is 0. The summed E-state index contributed by atoms with van der Waals surface area (Å²) in [6.07, 6.45) is 0. The molecule has 4 rings (SSSR count).